The average molecular weight is 371 g/mol. The predicted molar refractivity (Wildman–Crippen MR) is 96.6 cm³/mol. The Bertz CT molecular complexity index is 635. The molecule has 0 N–H and O–H groups in total. The first-order valence-corrected chi connectivity index (χ1v) is 11.1. The lowest BCUT2D eigenvalue weighted by Gasteiger charge is -2.42. The third-order valence-corrected chi connectivity index (χ3v) is 7.45. The molecule has 2 saturated heterocycles. The number of allylic oxidation sites excluding steroid dienone is 1. The number of nitrogens with zero attached hydrogens (tertiary/aromatic N) is 2. The van der Waals surface area contributed by atoms with Gasteiger partial charge in [0.05, 0.1) is 12.9 Å². The second-order valence-corrected chi connectivity index (χ2v) is 9.82. The Balaban J connectivity index is 1.68. The molecule has 0 unspecified atom stereocenters. The molecule has 3 rings (SSSR count). The van der Waals surface area contributed by atoms with Crippen LogP contribution in [0, 0.1) is 11.3 Å². The van der Waals surface area contributed by atoms with E-state index in [4.69, 9.17) is 4.74 Å². The summed E-state index contributed by atoms with van der Waals surface area (Å²) in [6.07, 6.45) is 9.29. The molecule has 2 fully saturated rings. The third-order valence-electron chi connectivity index (χ3n) is 6.23. The van der Waals surface area contributed by atoms with Crippen molar-refractivity contribution in [3.05, 3.63) is 11.6 Å². The highest BCUT2D eigenvalue weighted by Gasteiger charge is 2.50. The number of sulfonamides is 1. The van der Waals surface area contributed by atoms with Gasteiger partial charge < -0.3 is 9.64 Å². The van der Waals surface area contributed by atoms with Gasteiger partial charge in [-0.15, -0.1) is 0 Å². The van der Waals surface area contributed by atoms with Gasteiger partial charge in [0.2, 0.25) is 15.9 Å². The number of hydrogen-bond donors (Lipinski definition) is 0. The highest BCUT2D eigenvalue weighted by atomic mass is 32.2. The van der Waals surface area contributed by atoms with Gasteiger partial charge in [0.25, 0.3) is 0 Å². The Kier molecular flexibility index (Phi) is 5.56. The molecule has 25 heavy (non-hydrogen) atoms. The van der Waals surface area contributed by atoms with E-state index < -0.39 is 10.0 Å². The van der Waals surface area contributed by atoms with Gasteiger partial charge in [-0.25, -0.2) is 12.7 Å². The number of likely N-dealkylation sites (tertiary alicyclic amines) is 1. The highest BCUT2D eigenvalue weighted by molar-refractivity contribution is 7.88. The van der Waals surface area contributed by atoms with Crippen LogP contribution in [0.5, 0.6) is 0 Å². The summed E-state index contributed by atoms with van der Waals surface area (Å²) >= 11 is 0. The molecular formula is C18H30N2O4S. The minimum Gasteiger partial charge on any atom is -0.384 e. The van der Waals surface area contributed by atoms with Crippen LogP contribution in [0.25, 0.3) is 0 Å². The normalized spacial score (nSPS) is 27.5. The number of rotatable bonds is 4. The van der Waals surface area contributed by atoms with Gasteiger partial charge in [0, 0.05) is 44.8 Å². The zero-order chi connectivity index (χ0) is 18.1. The standard InChI is InChI=1S/C18H30N2O4S/c1-24-13-16-12-20(25(2,22)23)14-18(16)8-10-19(11-9-18)17(21)15-6-4-3-5-7-15/h6,16H,3-5,7-14H2,1-2H3/t16-/m0/s1. The van der Waals surface area contributed by atoms with E-state index in [1.54, 1.807) is 11.4 Å². The van der Waals surface area contributed by atoms with Gasteiger partial charge in [-0.1, -0.05) is 6.08 Å². The van der Waals surface area contributed by atoms with Gasteiger partial charge in [0.1, 0.15) is 0 Å². The van der Waals surface area contributed by atoms with Crippen molar-refractivity contribution in [2.24, 2.45) is 11.3 Å². The maximum absolute atomic E-state index is 12.7. The average Bonchev–Trinajstić information content (AvgIpc) is 2.95. The number of carbonyl (C=O) groups excluding carboxylic acids is 1. The van der Waals surface area contributed by atoms with Crippen LogP contribution in [0.2, 0.25) is 0 Å². The highest BCUT2D eigenvalue weighted by Crippen LogP contribution is 2.45. The Morgan fingerprint density at radius 2 is 2.04 bits per heavy atom. The predicted octanol–water partition coefficient (Wildman–Crippen LogP) is 1.63. The lowest BCUT2D eigenvalue weighted by molar-refractivity contribution is -0.130. The summed E-state index contributed by atoms with van der Waals surface area (Å²) in [6.45, 7) is 3.10. The van der Waals surface area contributed by atoms with E-state index in [1.807, 2.05) is 4.90 Å². The molecule has 0 aromatic carbocycles. The Hall–Kier alpha value is -0.920. The van der Waals surface area contributed by atoms with Crippen molar-refractivity contribution in [3.63, 3.8) is 0 Å². The van der Waals surface area contributed by atoms with Crippen molar-refractivity contribution < 1.29 is 17.9 Å². The van der Waals surface area contributed by atoms with E-state index in [9.17, 15) is 13.2 Å². The molecule has 1 spiro atoms. The Morgan fingerprint density at radius 1 is 1.32 bits per heavy atom. The van der Waals surface area contributed by atoms with Crippen LogP contribution >= 0.6 is 0 Å². The van der Waals surface area contributed by atoms with Crippen molar-refractivity contribution in [3.8, 4) is 0 Å². The maximum Gasteiger partial charge on any atom is 0.249 e. The van der Waals surface area contributed by atoms with Gasteiger partial charge in [0.15, 0.2) is 0 Å². The topological polar surface area (TPSA) is 66.9 Å². The summed E-state index contributed by atoms with van der Waals surface area (Å²) in [5, 5.41) is 0. The van der Waals surface area contributed by atoms with E-state index >= 15 is 0 Å². The molecule has 1 amide bonds. The summed E-state index contributed by atoms with van der Waals surface area (Å²) in [4.78, 5) is 14.7. The van der Waals surface area contributed by atoms with Crippen LogP contribution < -0.4 is 0 Å². The fourth-order valence-corrected chi connectivity index (χ4v) is 5.57. The number of methoxy groups -OCH3 is 1. The van der Waals surface area contributed by atoms with Crippen LogP contribution in [0.1, 0.15) is 38.5 Å². The number of amides is 1. The molecule has 2 aliphatic heterocycles. The van der Waals surface area contributed by atoms with Crippen LogP contribution in [-0.4, -0.2) is 69.7 Å². The molecule has 142 valence electrons. The molecule has 6 nitrogen and oxygen atoms in total. The molecule has 7 heteroatoms. The van der Waals surface area contributed by atoms with Crippen LogP contribution in [0.3, 0.4) is 0 Å². The lowest BCUT2D eigenvalue weighted by atomic mass is 9.71. The lowest BCUT2D eigenvalue weighted by Crippen LogP contribution is -2.47. The summed E-state index contributed by atoms with van der Waals surface area (Å²) < 4.78 is 31.0. The van der Waals surface area contributed by atoms with Crippen molar-refractivity contribution in [1.82, 2.24) is 9.21 Å². The second kappa shape index (κ2) is 7.37. The van der Waals surface area contributed by atoms with E-state index in [-0.39, 0.29) is 17.2 Å². The van der Waals surface area contributed by atoms with Crippen LogP contribution in [-0.2, 0) is 19.6 Å². The fourth-order valence-electron chi connectivity index (χ4n) is 4.62. The van der Waals surface area contributed by atoms with Gasteiger partial charge >= 0.3 is 0 Å². The molecule has 1 atom stereocenters. The zero-order valence-corrected chi connectivity index (χ0v) is 16.2. The van der Waals surface area contributed by atoms with Crippen molar-refractivity contribution in [2.75, 3.05) is 46.2 Å². The third kappa shape index (κ3) is 3.93. The SMILES string of the molecule is COC[C@@H]1CN(S(C)(=O)=O)CC12CCN(C(=O)C1=CCCCC1)CC2. The minimum atomic E-state index is -3.19. The number of carbonyl (C=O) groups is 1. The molecule has 1 aliphatic carbocycles. The molecule has 3 aliphatic rings. The molecule has 2 heterocycles. The summed E-state index contributed by atoms with van der Waals surface area (Å²) in [6, 6.07) is 0. The number of hydrogen-bond acceptors (Lipinski definition) is 4. The summed E-state index contributed by atoms with van der Waals surface area (Å²) in [5.74, 6) is 0.397. The first kappa shape index (κ1) is 18.9. The van der Waals surface area contributed by atoms with E-state index in [0.717, 1.165) is 37.7 Å². The van der Waals surface area contributed by atoms with E-state index in [2.05, 4.69) is 6.08 Å². The van der Waals surface area contributed by atoms with Gasteiger partial charge in [-0.05, 0) is 43.9 Å². The van der Waals surface area contributed by atoms with E-state index in [1.165, 1.54) is 12.7 Å². The van der Waals surface area contributed by atoms with Gasteiger partial charge in [-0.3, -0.25) is 4.79 Å². The number of piperidine rings is 1. The largest absolute Gasteiger partial charge is 0.384 e. The monoisotopic (exact) mass is 370 g/mol. The quantitative estimate of drug-likeness (QED) is 0.754. The van der Waals surface area contributed by atoms with Crippen molar-refractivity contribution >= 4 is 15.9 Å². The minimum absolute atomic E-state index is 0.0587. The molecule has 0 bridgehead atoms. The van der Waals surface area contributed by atoms with Crippen molar-refractivity contribution in [1.29, 1.82) is 0 Å². The van der Waals surface area contributed by atoms with Gasteiger partial charge in [-0.2, -0.15) is 0 Å². The number of ether oxygens (including phenoxy) is 1. The summed E-state index contributed by atoms with van der Waals surface area (Å²) in [7, 11) is -1.52. The second-order valence-electron chi connectivity index (χ2n) is 7.84. The molecular weight excluding hydrogens is 340 g/mol. The van der Waals surface area contributed by atoms with E-state index in [0.29, 0.717) is 32.8 Å². The molecule has 0 aromatic rings. The Morgan fingerprint density at radius 3 is 2.60 bits per heavy atom. The fraction of sp³-hybridized carbons (Fsp3) is 0.833. The molecule has 0 aromatic heterocycles. The zero-order valence-electron chi connectivity index (χ0n) is 15.4. The smallest absolute Gasteiger partial charge is 0.249 e. The molecule has 0 radical (unpaired) electrons. The Labute approximate surface area is 151 Å². The van der Waals surface area contributed by atoms with Crippen LogP contribution in [0.15, 0.2) is 11.6 Å². The maximum atomic E-state index is 12.7. The van der Waals surface area contributed by atoms with Crippen molar-refractivity contribution in [2.45, 2.75) is 38.5 Å². The molecule has 0 saturated carbocycles. The first-order valence-electron chi connectivity index (χ1n) is 9.28. The summed E-state index contributed by atoms with van der Waals surface area (Å²) in [5.41, 5.74) is 0.913. The van der Waals surface area contributed by atoms with Crippen LogP contribution in [0.4, 0.5) is 0 Å². The first-order chi connectivity index (χ1) is 11.9.